The van der Waals surface area contributed by atoms with Crippen LogP contribution in [0.1, 0.15) is 5.56 Å². The predicted octanol–water partition coefficient (Wildman–Crippen LogP) is 1.24. The highest BCUT2D eigenvalue weighted by atomic mass is 16.5. The van der Waals surface area contributed by atoms with Crippen molar-refractivity contribution < 1.29 is 9.26 Å². The standard InChI is InChI=1S/C15H11N5O3/c16-10-11-2-4-12(5-3-11)22-9-8-20-14(19-23-15(20)21)13-17-6-1-7-18-13/h1-7H,8-9H2. The fraction of sp³-hybridized carbons (Fsp3) is 0.133. The van der Waals surface area contributed by atoms with E-state index in [1.807, 2.05) is 6.07 Å². The highest BCUT2D eigenvalue weighted by molar-refractivity contribution is 5.41. The molecule has 0 atom stereocenters. The molecule has 0 radical (unpaired) electrons. The molecule has 3 aromatic rings. The van der Waals surface area contributed by atoms with Crippen molar-refractivity contribution in [2.45, 2.75) is 6.54 Å². The van der Waals surface area contributed by atoms with Crippen molar-refractivity contribution >= 4 is 0 Å². The van der Waals surface area contributed by atoms with E-state index in [9.17, 15) is 4.79 Å². The van der Waals surface area contributed by atoms with Gasteiger partial charge in [0.2, 0.25) is 5.82 Å². The molecule has 3 rings (SSSR count). The van der Waals surface area contributed by atoms with Gasteiger partial charge < -0.3 is 4.74 Å². The maximum absolute atomic E-state index is 11.7. The first-order chi connectivity index (χ1) is 11.3. The third-order valence-corrected chi connectivity index (χ3v) is 3.02. The first-order valence-electron chi connectivity index (χ1n) is 6.75. The zero-order chi connectivity index (χ0) is 16.1. The van der Waals surface area contributed by atoms with Crippen LogP contribution in [0.25, 0.3) is 11.6 Å². The zero-order valence-corrected chi connectivity index (χ0v) is 11.9. The number of ether oxygens (including phenoxy) is 1. The smallest absolute Gasteiger partial charge is 0.442 e. The Hall–Kier alpha value is -3.47. The summed E-state index contributed by atoms with van der Waals surface area (Å²) in [4.78, 5) is 19.8. The van der Waals surface area contributed by atoms with Gasteiger partial charge in [-0.05, 0) is 30.3 Å². The van der Waals surface area contributed by atoms with Crippen LogP contribution in [0.5, 0.6) is 5.75 Å². The Morgan fingerprint density at radius 3 is 2.65 bits per heavy atom. The molecule has 0 unspecified atom stereocenters. The minimum atomic E-state index is -0.601. The molecular weight excluding hydrogens is 298 g/mol. The van der Waals surface area contributed by atoms with Gasteiger partial charge in [-0.2, -0.15) is 5.26 Å². The molecule has 0 bridgehead atoms. The number of aromatic nitrogens is 4. The fourth-order valence-corrected chi connectivity index (χ4v) is 1.92. The first kappa shape index (κ1) is 14.5. The van der Waals surface area contributed by atoms with Crippen molar-refractivity contribution in [2.75, 3.05) is 6.61 Å². The summed E-state index contributed by atoms with van der Waals surface area (Å²) in [6, 6.07) is 10.4. The van der Waals surface area contributed by atoms with E-state index in [-0.39, 0.29) is 19.0 Å². The van der Waals surface area contributed by atoms with Crippen LogP contribution in [0, 0.1) is 11.3 Å². The number of hydrogen-bond acceptors (Lipinski definition) is 7. The molecule has 0 aliphatic heterocycles. The van der Waals surface area contributed by atoms with E-state index in [1.165, 1.54) is 4.57 Å². The lowest BCUT2D eigenvalue weighted by molar-refractivity contribution is 0.290. The van der Waals surface area contributed by atoms with Crippen molar-refractivity contribution in [3.05, 3.63) is 58.8 Å². The van der Waals surface area contributed by atoms with Crippen LogP contribution in [0.2, 0.25) is 0 Å². The Morgan fingerprint density at radius 2 is 1.96 bits per heavy atom. The molecule has 0 saturated heterocycles. The van der Waals surface area contributed by atoms with Crippen molar-refractivity contribution in [2.24, 2.45) is 0 Å². The van der Waals surface area contributed by atoms with Crippen molar-refractivity contribution in [1.82, 2.24) is 19.7 Å². The van der Waals surface area contributed by atoms with Crippen molar-refractivity contribution in [3.63, 3.8) is 0 Å². The molecule has 0 saturated carbocycles. The van der Waals surface area contributed by atoms with E-state index < -0.39 is 5.76 Å². The lowest BCUT2D eigenvalue weighted by atomic mass is 10.2. The van der Waals surface area contributed by atoms with Gasteiger partial charge in [0.05, 0.1) is 18.2 Å². The van der Waals surface area contributed by atoms with Crippen molar-refractivity contribution in [3.8, 4) is 23.5 Å². The average Bonchev–Trinajstić information content (AvgIpc) is 2.97. The summed E-state index contributed by atoms with van der Waals surface area (Å²) in [7, 11) is 0. The summed E-state index contributed by atoms with van der Waals surface area (Å²) in [5.41, 5.74) is 0.552. The molecule has 1 aromatic carbocycles. The Bertz CT molecular complexity index is 878. The Balaban J connectivity index is 1.70. The summed E-state index contributed by atoms with van der Waals surface area (Å²) < 4.78 is 11.5. The molecule has 8 nitrogen and oxygen atoms in total. The van der Waals surface area contributed by atoms with Crippen LogP contribution in [0.4, 0.5) is 0 Å². The fourth-order valence-electron chi connectivity index (χ4n) is 1.92. The summed E-state index contributed by atoms with van der Waals surface area (Å²) in [5.74, 6) is 0.553. The van der Waals surface area contributed by atoms with Gasteiger partial charge in [0.25, 0.3) is 0 Å². The van der Waals surface area contributed by atoms with E-state index in [0.29, 0.717) is 17.1 Å². The maximum Gasteiger partial charge on any atom is 0.442 e. The largest absolute Gasteiger partial charge is 0.492 e. The topological polar surface area (TPSA) is 107 Å². The number of nitriles is 1. The summed E-state index contributed by atoms with van der Waals surface area (Å²) in [6.45, 7) is 0.461. The van der Waals surface area contributed by atoms with Crippen LogP contribution < -0.4 is 10.5 Å². The highest BCUT2D eigenvalue weighted by Crippen LogP contribution is 2.12. The summed E-state index contributed by atoms with van der Waals surface area (Å²) >= 11 is 0. The van der Waals surface area contributed by atoms with E-state index in [4.69, 9.17) is 10.00 Å². The Kier molecular flexibility index (Phi) is 4.11. The number of rotatable bonds is 5. The Labute approximate surface area is 130 Å². The van der Waals surface area contributed by atoms with Crippen LogP contribution in [-0.4, -0.2) is 26.3 Å². The van der Waals surface area contributed by atoms with Crippen LogP contribution in [0.3, 0.4) is 0 Å². The summed E-state index contributed by atoms with van der Waals surface area (Å²) in [6.07, 6.45) is 3.11. The van der Waals surface area contributed by atoms with Gasteiger partial charge in [-0.1, -0.05) is 5.16 Å². The van der Waals surface area contributed by atoms with Gasteiger partial charge in [0, 0.05) is 12.4 Å². The second-order valence-corrected chi connectivity index (χ2v) is 4.48. The number of hydrogen-bond donors (Lipinski definition) is 0. The molecule has 23 heavy (non-hydrogen) atoms. The minimum absolute atomic E-state index is 0.229. The second kappa shape index (κ2) is 6.53. The van der Waals surface area contributed by atoms with E-state index in [2.05, 4.69) is 19.6 Å². The van der Waals surface area contributed by atoms with E-state index >= 15 is 0 Å². The lowest BCUT2D eigenvalue weighted by Crippen LogP contribution is -2.20. The SMILES string of the molecule is N#Cc1ccc(OCCn2c(-c3ncccn3)noc2=O)cc1. The molecule has 2 aromatic heterocycles. The monoisotopic (exact) mass is 309 g/mol. The van der Waals surface area contributed by atoms with E-state index in [1.54, 1.807) is 42.7 Å². The molecule has 2 heterocycles. The van der Waals surface area contributed by atoms with Gasteiger partial charge in [0.1, 0.15) is 12.4 Å². The molecular formula is C15H11N5O3. The average molecular weight is 309 g/mol. The quantitative estimate of drug-likeness (QED) is 0.697. The Morgan fingerprint density at radius 1 is 1.22 bits per heavy atom. The maximum atomic E-state index is 11.7. The molecule has 0 aliphatic carbocycles. The van der Waals surface area contributed by atoms with Crippen LogP contribution >= 0.6 is 0 Å². The zero-order valence-electron chi connectivity index (χ0n) is 11.9. The normalized spacial score (nSPS) is 10.2. The second-order valence-electron chi connectivity index (χ2n) is 4.48. The van der Waals surface area contributed by atoms with Gasteiger partial charge in [0.15, 0.2) is 5.82 Å². The third kappa shape index (κ3) is 3.24. The molecule has 0 amide bonds. The molecule has 114 valence electrons. The number of nitrogens with zero attached hydrogens (tertiary/aromatic N) is 5. The number of benzene rings is 1. The lowest BCUT2D eigenvalue weighted by Gasteiger charge is -2.07. The van der Waals surface area contributed by atoms with Crippen LogP contribution in [0.15, 0.2) is 52.0 Å². The molecule has 0 N–H and O–H groups in total. The first-order valence-corrected chi connectivity index (χ1v) is 6.75. The van der Waals surface area contributed by atoms with Gasteiger partial charge >= 0.3 is 5.76 Å². The van der Waals surface area contributed by atoms with Gasteiger partial charge in [-0.3, -0.25) is 9.09 Å². The molecule has 0 fully saturated rings. The van der Waals surface area contributed by atoms with Gasteiger partial charge in [-0.25, -0.2) is 14.8 Å². The molecule has 0 spiro atoms. The third-order valence-electron chi connectivity index (χ3n) is 3.02. The summed E-state index contributed by atoms with van der Waals surface area (Å²) in [5, 5.41) is 12.4. The molecule has 8 heteroatoms. The predicted molar refractivity (Wildman–Crippen MR) is 78.4 cm³/mol. The highest BCUT2D eigenvalue weighted by Gasteiger charge is 2.14. The van der Waals surface area contributed by atoms with Crippen molar-refractivity contribution in [1.29, 1.82) is 5.26 Å². The molecule has 0 aliphatic rings. The minimum Gasteiger partial charge on any atom is -0.492 e. The van der Waals surface area contributed by atoms with E-state index in [0.717, 1.165) is 0 Å². The van der Waals surface area contributed by atoms with Crippen LogP contribution in [-0.2, 0) is 6.54 Å². The van der Waals surface area contributed by atoms with Gasteiger partial charge in [-0.15, -0.1) is 0 Å².